The molecule has 0 amide bonds. The van der Waals surface area contributed by atoms with Crippen LogP contribution in [-0.4, -0.2) is 43.2 Å². The minimum Gasteiger partial charge on any atom is -0.477 e. The molecule has 2 rings (SSSR count). The van der Waals surface area contributed by atoms with Crippen molar-refractivity contribution in [1.29, 1.82) is 0 Å². The first kappa shape index (κ1) is 13.3. The molecule has 18 heavy (non-hydrogen) atoms. The van der Waals surface area contributed by atoms with Crippen LogP contribution in [0.3, 0.4) is 0 Å². The Labute approximate surface area is 109 Å². The molecule has 1 unspecified atom stereocenters. The Morgan fingerprint density at radius 2 is 2.44 bits per heavy atom. The van der Waals surface area contributed by atoms with Crippen molar-refractivity contribution in [1.82, 2.24) is 15.2 Å². The molecule has 1 aromatic heterocycles. The van der Waals surface area contributed by atoms with Crippen molar-refractivity contribution >= 4 is 0 Å². The topological polar surface area (TPSA) is 37.4 Å². The summed E-state index contributed by atoms with van der Waals surface area (Å²) in [5, 5.41) is 3.13. The van der Waals surface area contributed by atoms with Crippen LogP contribution >= 0.6 is 0 Å². The molecule has 0 spiro atoms. The maximum absolute atomic E-state index is 5.82. The second-order valence-electron chi connectivity index (χ2n) is 4.91. The quantitative estimate of drug-likeness (QED) is 0.832. The highest BCUT2D eigenvalue weighted by molar-refractivity contribution is 5.25. The van der Waals surface area contributed by atoms with Gasteiger partial charge in [0, 0.05) is 24.3 Å². The van der Waals surface area contributed by atoms with E-state index in [-0.39, 0.29) is 0 Å². The Balaban J connectivity index is 1.82. The molecule has 4 nitrogen and oxygen atoms in total. The first-order chi connectivity index (χ1) is 8.81. The Morgan fingerprint density at radius 3 is 3.17 bits per heavy atom. The minimum absolute atomic E-state index is 0.682. The second-order valence-corrected chi connectivity index (χ2v) is 4.91. The van der Waals surface area contributed by atoms with E-state index in [1.165, 1.54) is 19.4 Å². The van der Waals surface area contributed by atoms with Crippen LogP contribution < -0.4 is 10.1 Å². The number of nitrogens with zero attached hydrogens (tertiary/aromatic N) is 2. The fraction of sp³-hybridized carbons (Fsp3) is 0.643. The summed E-state index contributed by atoms with van der Waals surface area (Å²) in [6.07, 6.45) is 5.49. The van der Waals surface area contributed by atoms with E-state index in [0.29, 0.717) is 6.04 Å². The lowest BCUT2D eigenvalue weighted by Gasteiger charge is -2.19. The van der Waals surface area contributed by atoms with Gasteiger partial charge < -0.3 is 15.0 Å². The first-order valence-corrected chi connectivity index (χ1v) is 6.73. The third kappa shape index (κ3) is 3.43. The van der Waals surface area contributed by atoms with E-state index in [0.717, 1.165) is 31.0 Å². The summed E-state index contributed by atoms with van der Waals surface area (Å²) >= 11 is 0. The van der Waals surface area contributed by atoms with Crippen molar-refractivity contribution in [2.24, 2.45) is 0 Å². The van der Waals surface area contributed by atoms with Crippen molar-refractivity contribution in [3.05, 3.63) is 23.9 Å². The number of hydrogen-bond donors (Lipinski definition) is 1. The number of likely N-dealkylation sites (tertiary alicyclic amines) is 1. The third-order valence-electron chi connectivity index (χ3n) is 3.58. The van der Waals surface area contributed by atoms with E-state index < -0.39 is 0 Å². The molecule has 0 bridgehead atoms. The molecule has 1 atom stereocenters. The molecule has 1 aliphatic rings. The van der Waals surface area contributed by atoms with Crippen LogP contribution in [-0.2, 0) is 6.54 Å². The lowest BCUT2D eigenvalue weighted by Crippen LogP contribution is -2.26. The molecule has 1 N–H and O–H groups in total. The summed E-state index contributed by atoms with van der Waals surface area (Å²) in [6.45, 7) is 2.77. The van der Waals surface area contributed by atoms with Crippen LogP contribution in [0.5, 0.6) is 5.88 Å². The van der Waals surface area contributed by atoms with Gasteiger partial charge in [0.2, 0.25) is 5.88 Å². The minimum atomic E-state index is 0.682. The molecule has 1 saturated heterocycles. The molecule has 2 heterocycles. The van der Waals surface area contributed by atoms with Crippen LogP contribution in [0.1, 0.15) is 24.8 Å². The van der Waals surface area contributed by atoms with Crippen LogP contribution in [0.25, 0.3) is 0 Å². The largest absolute Gasteiger partial charge is 0.477 e. The van der Waals surface area contributed by atoms with E-state index in [4.69, 9.17) is 4.74 Å². The van der Waals surface area contributed by atoms with Crippen molar-refractivity contribution in [2.45, 2.75) is 31.8 Å². The Kier molecular flexibility index (Phi) is 4.96. The highest BCUT2D eigenvalue weighted by Crippen LogP contribution is 2.19. The Morgan fingerprint density at radius 1 is 1.56 bits per heavy atom. The standard InChI is InChI=1S/C14H23N3O/c1-15-11-12-5-3-8-16-14(12)18-10-7-13-6-4-9-17(13)2/h3,5,8,13,15H,4,6-7,9-11H2,1-2H3. The summed E-state index contributed by atoms with van der Waals surface area (Å²) in [4.78, 5) is 6.73. The number of hydrogen-bond acceptors (Lipinski definition) is 4. The average Bonchev–Trinajstić information content (AvgIpc) is 2.78. The molecule has 1 aliphatic heterocycles. The zero-order valence-corrected chi connectivity index (χ0v) is 11.4. The van der Waals surface area contributed by atoms with Gasteiger partial charge in [-0.1, -0.05) is 6.07 Å². The van der Waals surface area contributed by atoms with E-state index in [1.54, 1.807) is 6.20 Å². The molecule has 1 fully saturated rings. The Bertz CT molecular complexity index is 370. The summed E-state index contributed by atoms with van der Waals surface area (Å²) in [7, 11) is 4.13. The van der Waals surface area contributed by atoms with Crippen molar-refractivity contribution in [2.75, 3.05) is 27.2 Å². The summed E-state index contributed by atoms with van der Waals surface area (Å²) < 4.78 is 5.82. The molecule has 0 aliphatic carbocycles. The van der Waals surface area contributed by atoms with Gasteiger partial charge in [-0.05, 0) is 46.0 Å². The van der Waals surface area contributed by atoms with E-state index >= 15 is 0 Å². The first-order valence-electron chi connectivity index (χ1n) is 6.73. The average molecular weight is 249 g/mol. The number of rotatable bonds is 6. The number of ether oxygens (including phenoxy) is 1. The van der Waals surface area contributed by atoms with Gasteiger partial charge in [-0.3, -0.25) is 0 Å². The Hall–Kier alpha value is -1.13. The van der Waals surface area contributed by atoms with Crippen LogP contribution in [0.2, 0.25) is 0 Å². The SMILES string of the molecule is CNCc1cccnc1OCCC1CCCN1C. The maximum Gasteiger partial charge on any atom is 0.217 e. The fourth-order valence-electron chi connectivity index (χ4n) is 2.51. The van der Waals surface area contributed by atoms with Crippen molar-refractivity contribution in [3.63, 3.8) is 0 Å². The van der Waals surface area contributed by atoms with E-state index in [9.17, 15) is 0 Å². The predicted octanol–water partition coefficient (Wildman–Crippen LogP) is 1.66. The van der Waals surface area contributed by atoms with E-state index in [2.05, 4.69) is 28.3 Å². The normalized spacial score (nSPS) is 20.2. The van der Waals surface area contributed by atoms with Gasteiger partial charge in [-0.25, -0.2) is 4.98 Å². The molecule has 0 saturated carbocycles. The highest BCUT2D eigenvalue weighted by Gasteiger charge is 2.20. The van der Waals surface area contributed by atoms with Crippen LogP contribution in [0.15, 0.2) is 18.3 Å². The van der Waals surface area contributed by atoms with E-state index in [1.807, 2.05) is 13.1 Å². The van der Waals surface area contributed by atoms with Gasteiger partial charge in [-0.15, -0.1) is 0 Å². The number of pyridine rings is 1. The zero-order valence-electron chi connectivity index (χ0n) is 11.4. The maximum atomic E-state index is 5.82. The molecule has 1 aromatic rings. The fourth-order valence-corrected chi connectivity index (χ4v) is 2.51. The van der Waals surface area contributed by atoms with Crippen molar-refractivity contribution in [3.8, 4) is 5.88 Å². The monoisotopic (exact) mass is 249 g/mol. The molecule has 4 heteroatoms. The molecular weight excluding hydrogens is 226 g/mol. The van der Waals surface area contributed by atoms with Gasteiger partial charge in [0.25, 0.3) is 0 Å². The zero-order chi connectivity index (χ0) is 12.8. The highest BCUT2D eigenvalue weighted by atomic mass is 16.5. The van der Waals surface area contributed by atoms with Gasteiger partial charge in [0.05, 0.1) is 6.61 Å². The number of nitrogens with one attached hydrogen (secondary N) is 1. The van der Waals surface area contributed by atoms with Gasteiger partial charge in [0.15, 0.2) is 0 Å². The van der Waals surface area contributed by atoms with Crippen LogP contribution in [0, 0.1) is 0 Å². The van der Waals surface area contributed by atoms with Gasteiger partial charge >= 0.3 is 0 Å². The summed E-state index contributed by atoms with van der Waals surface area (Å²) in [5.74, 6) is 0.771. The van der Waals surface area contributed by atoms with Crippen molar-refractivity contribution < 1.29 is 4.74 Å². The molecular formula is C14H23N3O. The van der Waals surface area contributed by atoms with Crippen LogP contribution in [0.4, 0.5) is 0 Å². The summed E-state index contributed by atoms with van der Waals surface area (Å²) in [6, 6.07) is 4.69. The smallest absolute Gasteiger partial charge is 0.217 e. The van der Waals surface area contributed by atoms with Gasteiger partial charge in [0.1, 0.15) is 0 Å². The molecule has 100 valence electrons. The molecule has 0 aromatic carbocycles. The predicted molar refractivity (Wildman–Crippen MR) is 72.8 cm³/mol. The molecule has 0 radical (unpaired) electrons. The summed E-state index contributed by atoms with van der Waals surface area (Å²) in [5.41, 5.74) is 1.12. The lowest BCUT2D eigenvalue weighted by molar-refractivity contribution is 0.227. The van der Waals surface area contributed by atoms with Gasteiger partial charge in [-0.2, -0.15) is 0 Å². The number of aromatic nitrogens is 1. The lowest BCUT2D eigenvalue weighted by atomic mass is 10.1. The third-order valence-corrected chi connectivity index (χ3v) is 3.58. The second kappa shape index (κ2) is 6.71.